The van der Waals surface area contributed by atoms with Gasteiger partial charge < -0.3 is 9.80 Å². The number of piperazine rings is 1. The fraction of sp³-hybridized carbons (Fsp3) is 0.320. The quantitative estimate of drug-likeness (QED) is 0.564. The lowest BCUT2D eigenvalue weighted by Gasteiger charge is -2.36. The number of hydrogen-bond acceptors (Lipinski definition) is 6. The van der Waals surface area contributed by atoms with Gasteiger partial charge in [-0.15, -0.1) is 0 Å². The van der Waals surface area contributed by atoms with Gasteiger partial charge in [0.15, 0.2) is 5.82 Å². The van der Waals surface area contributed by atoms with Crippen LogP contribution in [0.2, 0.25) is 0 Å². The van der Waals surface area contributed by atoms with Crippen LogP contribution < -0.4 is 4.90 Å². The second kappa shape index (κ2) is 8.61. The van der Waals surface area contributed by atoms with Crippen molar-refractivity contribution in [3.8, 4) is 0 Å². The van der Waals surface area contributed by atoms with Crippen LogP contribution in [-0.4, -0.2) is 70.2 Å². The van der Waals surface area contributed by atoms with Gasteiger partial charge in [0.2, 0.25) is 5.91 Å². The number of aromatic nitrogens is 2. The average molecular weight is 444 g/mol. The average Bonchev–Trinajstić information content (AvgIpc) is 3.08. The number of carbonyl (C=O) groups excluding carboxylic acids is 3. The number of amides is 3. The third-order valence-electron chi connectivity index (χ3n) is 6.30. The molecule has 0 unspecified atom stereocenters. The number of para-hydroxylation sites is 2. The minimum absolute atomic E-state index is 0.0487. The van der Waals surface area contributed by atoms with Crippen molar-refractivity contribution in [3.05, 3.63) is 65.4 Å². The molecule has 0 radical (unpaired) electrons. The highest BCUT2D eigenvalue weighted by Gasteiger charge is 2.34. The molecule has 33 heavy (non-hydrogen) atoms. The van der Waals surface area contributed by atoms with Crippen molar-refractivity contribution in [2.24, 2.45) is 0 Å². The molecule has 0 atom stereocenters. The zero-order chi connectivity index (χ0) is 22.9. The van der Waals surface area contributed by atoms with E-state index in [0.29, 0.717) is 50.1 Å². The van der Waals surface area contributed by atoms with Crippen LogP contribution in [0.4, 0.5) is 5.82 Å². The largest absolute Gasteiger partial charge is 0.352 e. The summed E-state index contributed by atoms with van der Waals surface area (Å²) in [5.41, 5.74) is 3.51. The van der Waals surface area contributed by atoms with Crippen LogP contribution in [0.3, 0.4) is 0 Å². The predicted molar refractivity (Wildman–Crippen MR) is 124 cm³/mol. The van der Waals surface area contributed by atoms with Crippen molar-refractivity contribution in [1.29, 1.82) is 0 Å². The van der Waals surface area contributed by atoms with Crippen LogP contribution in [-0.2, 0) is 4.79 Å². The summed E-state index contributed by atoms with van der Waals surface area (Å²) in [5.74, 6) is 0.367. The number of aryl methyl sites for hydroxylation is 1. The molecule has 1 fully saturated rings. The summed E-state index contributed by atoms with van der Waals surface area (Å²) in [6, 6.07) is 14.7. The van der Waals surface area contributed by atoms with E-state index in [2.05, 4.69) is 9.88 Å². The lowest BCUT2D eigenvalue weighted by atomic mass is 10.1. The summed E-state index contributed by atoms with van der Waals surface area (Å²) in [6.45, 7) is 4.82. The molecule has 2 aliphatic rings. The fourth-order valence-corrected chi connectivity index (χ4v) is 4.53. The Morgan fingerprint density at radius 1 is 0.848 bits per heavy atom. The van der Waals surface area contributed by atoms with Crippen molar-refractivity contribution in [2.75, 3.05) is 37.6 Å². The van der Waals surface area contributed by atoms with E-state index in [1.807, 2.05) is 36.1 Å². The van der Waals surface area contributed by atoms with Gasteiger partial charge >= 0.3 is 0 Å². The second-order valence-corrected chi connectivity index (χ2v) is 8.40. The molecule has 3 amide bonds. The van der Waals surface area contributed by atoms with E-state index in [1.165, 1.54) is 4.90 Å². The SMILES string of the molecule is Cc1nc2ccccc2nc1N1CCN(C(=O)CCCN2C(=O)c3ccccc3C2=O)CC1. The van der Waals surface area contributed by atoms with Crippen LogP contribution in [0.15, 0.2) is 48.5 Å². The third kappa shape index (κ3) is 3.92. The molecule has 1 aromatic heterocycles. The number of benzene rings is 2. The first-order valence-corrected chi connectivity index (χ1v) is 11.2. The Bertz CT molecular complexity index is 1210. The molecule has 0 saturated carbocycles. The Balaban J connectivity index is 1.14. The van der Waals surface area contributed by atoms with Gasteiger partial charge in [0.1, 0.15) is 0 Å². The summed E-state index contributed by atoms with van der Waals surface area (Å²) in [7, 11) is 0. The van der Waals surface area contributed by atoms with Crippen molar-refractivity contribution in [2.45, 2.75) is 19.8 Å². The van der Waals surface area contributed by atoms with E-state index in [0.717, 1.165) is 22.5 Å². The summed E-state index contributed by atoms with van der Waals surface area (Å²) in [4.78, 5) is 52.4. The lowest BCUT2D eigenvalue weighted by Crippen LogP contribution is -2.49. The molecule has 0 bridgehead atoms. The Hall–Kier alpha value is -3.81. The fourth-order valence-electron chi connectivity index (χ4n) is 4.53. The Morgan fingerprint density at radius 2 is 1.42 bits per heavy atom. The molecule has 0 N–H and O–H groups in total. The summed E-state index contributed by atoms with van der Waals surface area (Å²) < 4.78 is 0. The van der Waals surface area contributed by atoms with Gasteiger partial charge in [-0.05, 0) is 37.6 Å². The van der Waals surface area contributed by atoms with Gasteiger partial charge in [-0.1, -0.05) is 24.3 Å². The predicted octanol–water partition coefficient (Wildman–Crippen LogP) is 2.66. The molecule has 8 heteroatoms. The standard InChI is InChI=1S/C25H25N5O3/c1-17-23(27-21-10-5-4-9-20(21)26-17)29-15-13-28(14-16-29)22(31)11-6-12-30-24(32)18-7-2-3-8-19(18)25(30)33/h2-5,7-10H,6,11-16H2,1H3. The molecule has 5 rings (SSSR count). The van der Waals surface area contributed by atoms with Crippen LogP contribution in [0.25, 0.3) is 11.0 Å². The first-order chi connectivity index (χ1) is 16.0. The van der Waals surface area contributed by atoms with Gasteiger partial charge in [-0.25, -0.2) is 9.97 Å². The molecular weight excluding hydrogens is 418 g/mol. The molecule has 2 aliphatic heterocycles. The highest BCUT2D eigenvalue weighted by atomic mass is 16.2. The van der Waals surface area contributed by atoms with E-state index in [9.17, 15) is 14.4 Å². The van der Waals surface area contributed by atoms with E-state index in [4.69, 9.17) is 4.98 Å². The number of anilines is 1. The molecule has 1 saturated heterocycles. The number of nitrogens with zero attached hydrogens (tertiary/aromatic N) is 5. The van der Waals surface area contributed by atoms with Crippen molar-refractivity contribution >= 4 is 34.6 Å². The lowest BCUT2D eigenvalue weighted by molar-refractivity contribution is -0.131. The normalized spacial score (nSPS) is 16.0. The van der Waals surface area contributed by atoms with Gasteiger partial charge in [-0.2, -0.15) is 0 Å². The Morgan fingerprint density at radius 3 is 2.06 bits per heavy atom. The first-order valence-electron chi connectivity index (χ1n) is 11.2. The zero-order valence-electron chi connectivity index (χ0n) is 18.5. The highest BCUT2D eigenvalue weighted by molar-refractivity contribution is 6.21. The van der Waals surface area contributed by atoms with Crippen molar-refractivity contribution in [1.82, 2.24) is 19.8 Å². The van der Waals surface area contributed by atoms with Crippen molar-refractivity contribution < 1.29 is 14.4 Å². The molecule has 3 heterocycles. The molecule has 2 aromatic carbocycles. The number of carbonyl (C=O) groups is 3. The minimum Gasteiger partial charge on any atom is -0.352 e. The summed E-state index contributed by atoms with van der Waals surface area (Å²) in [6.07, 6.45) is 0.766. The van der Waals surface area contributed by atoms with Crippen LogP contribution in [0, 0.1) is 6.92 Å². The maximum atomic E-state index is 12.7. The summed E-state index contributed by atoms with van der Waals surface area (Å²) in [5, 5.41) is 0. The second-order valence-electron chi connectivity index (χ2n) is 8.40. The molecule has 0 spiro atoms. The van der Waals surface area contributed by atoms with Crippen LogP contribution >= 0.6 is 0 Å². The van der Waals surface area contributed by atoms with E-state index in [-0.39, 0.29) is 24.3 Å². The van der Waals surface area contributed by atoms with Gasteiger partial charge in [0, 0.05) is 39.1 Å². The highest BCUT2D eigenvalue weighted by Crippen LogP contribution is 2.24. The zero-order valence-corrected chi connectivity index (χ0v) is 18.5. The van der Waals surface area contributed by atoms with Gasteiger partial charge in [0.05, 0.1) is 27.9 Å². The van der Waals surface area contributed by atoms with E-state index >= 15 is 0 Å². The Labute approximate surface area is 191 Å². The van der Waals surface area contributed by atoms with Gasteiger partial charge in [0.25, 0.3) is 11.8 Å². The Kier molecular flexibility index (Phi) is 5.50. The topological polar surface area (TPSA) is 86.7 Å². The third-order valence-corrected chi connectivity index (χ3v) is 6.30. The smallest absolute Gasteiger partial charge is 0.261 e. The maximum Gasteiger partial charge on any atom is 0.261 e. The monoisotopic (exact) mass is 443 g/mol. The van der Waals surface area contributed by atoms with Crippen LogP contribution in [0.1, 0.15) is 39.3 Å². The molecule has 3 aromatic rings. The maximum absolute atomic E-state index is 12.7. The van der Waals surface area contributed by atoms with Crippen LogP contribution in [0.5, 0.6) is 0 Å². The molecular formula is C25H25N5O3. The molecule has 0 aliphatic carbocycles. The molecule has 168 valence electrons. The number of hydrogen-bond donors (Lipinski definition) is 0. The van der Waals surface area contributed by atoms with Crippen molar-refractivity contribution in [3.63, 3.8) is 0 Å². The van der Waals surface area contributed by atoms with E-state index in [1.54, 1.807) is 24.3 Å². The van der Waals surface area contributed by atoms with Gasteiger partial charge in [-0.3, -0.25) is 19.3 Å². The first kappa shape index (κ1) is 21.1. The minimum atomic E-state index is -0.275. The molecule has 8 nitrogen and oxygen atoms in total. The number of imide groups is 1. The summed E-state index contributed by atoms with van der Waals surface area (Å²) >= 11 is 0. The number of rotatable bonds is 5. The van der Waals surface area contributed by atoms with E-state index < -0.39 is 0 Å². The number of fused-ring (bicyclic) bond motifs is 2.